The molecule has 0 saturated carbocycles. The van der Waals surface area contributed by atoms with Gasteiger partial charge in [-0.15, -0.1) is 0 Å². The summed E-state index contributed by atoms with van der Waals surface area (Å²) in [5.74, 6) is 0.891. The number of benzene rings is 1. The van der Waals surface area contributed by atoms with Crippen LogP contribution in [-0.4, -0.2) is 0 Å². The van der Waals surface area contributed by atoms with Crippen molar-refractivity contribution >= 4 is 34.2 Å². The highest BCUT2D eigenvalue weighted by atomic mass is 127. The van der Waals surface area contributed by atoms with Crippen LogP contribution >= 0.6 is 34.2 Å². The molecule has 0 fully saturated rings. The topological polar surface area (TPSA) is 39.2 Å². The van der Waals surface area contributed by atoms with Crippen molar-refractivity contribution in [2.24, 2.45) is 5.73 Å². The van der Waals surface area contributed by atoms with E-state index in [2.05, 4.69) is 22.6 Å². The van der Waals surface area contributed by atoms with Crippen LogP contribution in [0.4, 0.5) is 0 Å². The van der Waals surface area contributed by atoms with E-state index in [0.29, 0.717) is 6.42 Å². The normalized spacial score (nSPS) is 12.7. The minimum absolute atomic E-state index is 0.0827. The molecule has 0 aliphatic rings. The maximum absolute atomic E-state index is 6.08. The predicted molar refractivity (Wildman–Crippen MR) is 73.5 cm³/mol. The molecule has 84 valence electrons. The van der Waals surface area contributed by atoms with Crippen molar-refractivity contribution < 1.29 is 4.42 Å². The molecule has 0 saturated heterocycles. The number of rotatable bonds is 3. The number of nitrogens with two attached hydrogens (primary N) is 1. The minimum atomic E-state index is -0.0827. The lowest BCUT2D eigenvalue weighted by Crippen LogP contribution is -2.13. The fraction of sp³-hybridized carbons (Fsp3) is 0.167. The first-order valence-corrected chi connectivity index (χ1v) is 6.35. The third-order valence-corrected chi connectivity index (χ3v) is 3.95. The van der Waals surface area contributed by atoms with Crippen molar-refractivity contribution in [3.63, 3.8) is 0 Å². The van der Waals surface area contributed by atoms with Crippen LogP contribution in [0, 0.1) is 3.57 Å². The maximum atomic E-state index is 6.08. The molecular formula is C12H11ClINO. The van der Waals surface area contributed by atoms with Gasteiger partial charge in [-0.1, -0.05) is 17.7 Å². The summed E-state index contributed by atoms with van der Waals surface area (Å²) in [4.78, 5) is 0. The smallest absolute Gasteiger partial charge is 0.105 e. The zero-order valence-corrected chi connectivity index (χ0v) is 11.4. The van der Waals surface area contributed by atoms with Gasteiger partial charge in [-0.05, 0) is 52.4 Å². The van der Waals surface area contributed by atoms with E-state index in [1.165, 1.54) is 0 Å². The summed E-state index contributed by atoms with van der Waals surface area (Å²) in [6, 6.07) is 9.59. The molecule has 2 N–H and O–H groups in total. The third kappa shape index (κ3) is 2.78. The molecule has 16 heavy (non-hydrogen) atoms. The van der Waals surface area contributed by atoms with E-state index in [1.54, 1.807) is 6.26 Å². The monoisotopic (exact) mass is 347 g/mol. The third-order valence-electron chi connectivity index (χ3n) is 2.37. The van der Waals surface area contributed by atoms with Gasteiger partial charge in [-0.25, -0.2) is 0 Å². The van der Waals surface area contributed by atoms with Crippen molar-refractivity contribution in [1.82, 2.24) is 0 Å². The van der Waals surface area contributed by atoms with Gasteiger partial charge in [0.2, 0.25) is 0 Å². The Bertz CT molecular complexity index is 470. The van der Waals surface area contributed by atoms with E-state index >= 15 is 0 Å². The van der Waals surface area contributed by atoms with Gasteiger partial charge < -0.3 is 10.2 Å². The summed E-state index contributed by atoms with van der Waals surface area (Å²) in [7, 11) is 0. The SMILES string of the molecule is NC(Cc1ccco1)c1ccc(I)c(Cl)c1. The van der Waals surface area contributed by atoms with E-state index < -0.39 is 0 Å². The van der Waals surface area contributed by atoms with E-state index in [9.17, 15) is 0 Å². The summed E-state index contributed by atoms with van der Waals surface area (Å²) in [5, 5.41) is 0.744. The predicted octanol–water partition coefficient (Wildman–Crippen LogP) is 3.78. The standard InChI is InChI=1S/C12H11ClINO/c13-10-6-8(3-4-11(10)14)12(15)7-9-2-1-5-16-9/h1-6,12H,7,15H2. The van der Waals surface area contributed by atoms with E-state index in [4.69, 9.17) is 21.8 Å². The average Bonchev–Trinajstić information content (AvgIpc) is 2.74. The van der Waals surface area contributed by atoms with Gasteiger partial charge in [0.25, 0.3) is 0 Å². The molecule has 2 rings (SSSR count). The van der Waals surface area contributed by atoms with Crippen LogP contribution < -0.4 is 5.73 Å². The Kier molecular flexibility index (Phi) is 3.89. The van der Waals surface area contributed by atoms with Crippen molar-refractivity contribution in [2.75, 3.05) is 0 Å². The first-order chi connectivity index (χ1) is 7.66. The van der Waals surface area contributed by atoms with Crippen LogP contribution in [0.2, 0.25) is 5.02 Å². The number of hydrogen-bond acceptors (Lipinski definition) is 2. The van der Waals surface area contributed by atoms with Gasteiger partial charge in [-0.3, -0.25) is 0 Å². The molecule has 0 amide bonds. The van der Waals surface area contributed by atoms with Crippen molar-refractivity contribution in [1.29, 1.82) is 0 Å². The highest BCUT2D eigenvalue weighted by Crippen LogP contribution is 2.24. The summed E-state index contributed by atoms with van der Waals surface area (Å²) < 4.78 is 6.30. The molecule has 0 bridgehead atoms. The lowest BCUT2D eigenvalue weighted by molar-refractivity contribution is 0.488. The fourth-order valence-electron chi connectivity index (χ4n) is 1.51. The first kappa shape index (κ1) is 12.0. The van der Waals surface area contributed by atoms with Crippen molar-refractivity contribution in [3.05, 3.63) is 56.5 Å². The summed E-state index contributed by atoms with van der Waals surface area (Å²) in [5.41, 5.74) is 7.11. The van der Waals surface area contributed by atoms with E-state index in [-0.39, 0.29) is 6.04 Å². The largest absolute Gasteiger partial charge is 0.469 e. The number of halogens is 2. The lowest BCUT2D eigenvalue weighted by Gasteiger charge is -2.11. The van der Waals surface area contributed by atoms with Crippen LogP contribution in [0.5, 0.6) is 0 Å². The second-order valence-corrected chi connectivity index (χ2v) is 5.13. The maximum Gasteiger partial charge on any atom is 0.105 e. The highest BCUT2D eigenvalue weighted by Gasteiger charge is 2.10. The molecule has 1 heterocycles. The lowest BCUT2D eigenvalue weighted by atomic mass is 10.0. The Balaban J connectivity index is 2.14. The van der Waals surface area contributed by atoms with Crippen LogP contribution in [-0.2, 0) is 6.42 Å². The molecule has 1 unspecified atom stereocenters. The molecule has 0 spiro atoms. The Morgan fingerprint density at radius 1 is 1.38 bits per heavy atom. The number of furan rings is 1. The molecule has 1 aromatic carbocycles. The molecule has 1 atom stereocenters. The molecule has 4 heteroatoms. The van der Waals surface area contributed by atoms with Crippen molar-refractivity contribution in [2.45, 2.75) is 12.5 Å². The molecular weight excluding hydrogens is 336 g/mol. The van der Waals surface area contributed by atoms with Crippen LogP contribution in [0.25, 0.3) is 0 Å². The summed E-state index contributed by atoms with van der Waals surface area (Å²) >= 11 is 8.25. The van der Waals surface area contributed by atoms with Gasteiger partial charge >= 0.3 is 0 Å². The minimum Gasteiger partial charge on any atom is -0.469 e. The molecule has 2 nitrogen and oxygen atoms in total. The van der Waals surface area contributed by atoms with Gasteiger partial charge in [0.15, 0.2) is 0 Å². The fourth-order valence-corrected chi connectivity index (χ4v) is 2.03. The van der Waals surface area contributed by atoms with Gasteiger partial charge in [-0.2, -0.15) is 0 Å². The molecule has 1 aromatic heterocycles. The zero-order valence-electron chi connectivity index (χ0n) is 8.49. The van der Waals surface area contributed by atoms with Gasteiger partial charge in [0.1, 0.15) is 5.76 Å². The Morgan fingerprint density at radius 2 is 2.19 bits per heavy atom. The first-order valence-electron chi connectivity index (χ1n) is 4.89. The van der Waals surface area contributed by atoms with E-state index in [0.717, 1.165) is 19.9 Å². The quantitative estimate of drug-likeness (QED) is 0.858. The molecule has 2 aromatic rings. The van der Waals surface area contributed by atoms with Crippen molar-refractivity contribution in [3.8, 4) is 0 Å². The second-order valence-electron chi connectivity index (χ2n) is 3.56. The average molecular weight is 348 g/mol. The second kappa shape index (κ2) is 5.21. The highest BCUT2D eigenvalue weighted by molar-refractivity contribution is 14.1. The van der Waals surface area contributed by atoms with Gasteiger partial charge in [0.05, 0.1) is 11.3 Å². The molecule has 0 radical (unpaired) electrons. The Morgan fingerprint density at radius 3 is 2.81 bits per heavy atom. The zero-order chi connectivity index (χ0) is 11.5. The Hall–Kier alpha value is -0.520. The van der Waals surface area contributed by atoms with Crippen LogP contribution in [0.3, 0.4) is 0 Å². The molecule has 0 aliphatic heterocycles. The number of hydrogen-bond donors (Lipinski definition) is 1. The van der Waals surface area contributed by atoms with Crippen LogP contribution in [0.1, 0.15) is 17.4 Å². The molecule has 0 aliphatic carbocycles. The summed E-state index contributed by atoms with van der Waals surface area (Å²) in [6.45, 7) is 0. The van der Waals surface area contributed by atoms with Crippen LogP contribution in [0.15, 0.2) is 41.0 Å². The Labute approximate surface area is 113 Å². The summed E-state index contributed by atoms with van der Waals surface area (Å²) in [6.07, 6.45) is 2.34. The van der Waals surface area contributed by atoms with E-state index in [1.807, 2.05) is 30.3 Å². The van der Waals surface area contributed by atoms with Gasteiger partial charge in [0, 0.05) is 16.0 Å².